The number of aliphatic hydroxyl groups is 1. The fraction of sp³-hybridized carbons (Fsp3) is 0.875. The highest BCUT2D eigenvalue weighted by molar-refractivity contribution is 5.78. The molecule has 0 unspecified atom stereocenters. The molecular weight excluding hydrogens is 156 g/mol. The molecule has 0 aromatic carbocycles. The average Bonchev–Trinajstić information content (AvgIpc) is 2.03. The summed E-state index contributed by atoms with van der Waals surface area (Å²) < 4.78 is 0. The summed E-state index contributed by atoms with van der Waals surface area (Å²) in [7, 11) is 3.41. The number of hydrogen-bond acceptors (Lipinski definition) is 3. The maximum absolute atomic E-state index is 11.3. The Morgan fingerprint density at radius 2 is 2.08 bits per heavy atom. The number of nitrogens with one attached hydrogen (secondary N) is 1. The van der Waals surface area contributed by atoms with Gasteiger partial charge in [-0.1, -0.05) is 0 Å². The highest BCUT2D eigenvalue weighted by atomic mass is 16.3. The van der Waals surface area contributed by atoms with Crippen molar-refractivity contribution >= 4 is 5.91 Å². The van der Waals surface area contributed by atoms with E-state index in [1.165, 1.54) is 0 Å². The van der Waals surface area contributed by atoms with Crippen LogP contribution in [0.3, 0.4) is 0 Å². The van der Waals surface area contributed by atoms with E-state index in [1.807, 2.05) is 13.8 Å². The Hall–Kier alpha value is -0.610. The molecule has 0 aliphatic carbocycles. The fourth-order valence-corrected chi connectivity index (χ4v) is 0.713. The lowest BCUT2D eigenvalue weighted by Crippen LogP contribution is -2.50. The molecule has 0 aromatic heterocycles. The number of carbonyl (C=O) groups is 1. The first kappa shape index (κ1) is 11.4. The van der Waals surface area contributed by atoms with Gasteiger partial charge in [0.15, 0.2) is 0 Å². The monoisotopic (exact) mass is 174 g/mol. The molecule has 1 amide bonds. The van der Waals surface area contributed by atoms with E-state index in [0.29, 0.717) is 6.54 Å². The van der Waals surface area contributed by atoms with Gasteiger partial charge in [-0.2, -0.15) is 0 Å². The van der Waals surface area contributed by atoms with Crippen molar-refractivity contribution in [2.45, 2.75) is 19.4 Å². The normalized spacial score (nSPS) is 11.4. The molecule has 0 aliphatic heterocycles. The van der Waals surface area contributed by atoms with E-state index in [-0.39, 0.29) is 12.5 Å². The smallest absolute Gasteiger partial charge is 0.236 e. The van der Waals surface area contributed by atoms with Crippen LogP contribution in [0.4, 0.5) is 0 Å². The minimum absolute atomic E-state index is 0.0171. The third-order valence-corrected chi connectivity index (χ3v) is 2.00. The molecule has 0 atom stereocenters. The molecule has 0 aliphatic rings. The van der Waals surface area contributed by atoms with E-state index in [9.17, 15) is 4.79 Å². The van der Waals surface area contributed by atoms with Crippen molar-refractivity contribution in [1.29, 1.82) is 0 Å². The van der Waals surface area contributed by atoms with Crippen molar-refractivity contribution in [3.63, 3.8) is 0 Å². The molecule has 0 heterocycles. The number of likely N-dealkylation sites (N-methyl/N-ethyl adjacent to an activating group) is 2. The molecule has 2 N–H and O–H groups in total. The van der Waals surface area contributed by atoms with Gasteiger partial charge in [0.05, 0.1) is 18.7 Å². The van der Waals surface area contributed by atoms with Crippen LogP contribution in [-0.4, -0.2) is 48.7 Å². The molecule has 72 valence electrons. The highest BCUT2D eigenvalue weighted by Crippen LogP contribution is 2.10. The molecule has 0 saturated carbocycles. The van der Waals surface area contributed by atoms with Crippen LogP contribution in [0.2, 0.25) is 0 Å². The van der Waals surface area contributed by atoms with Gasteiger partial charge in [-0.3, -0.25) is 4.79 Å². The third-order valence-electron chi connectivity index (χ3n) is 2.00. The molecule has 0 aromatic rings. The van der Waals surface area contributed by atoms with Crippen molar-refractivity contribution in [2.75, 3.05) is 27.2 Å². The van der Waals surface area contributed by atoms with Crippen molar-refractivity contribution in [2.24, 2.45) is 0 Å². The van der Waals surface area contributed by atoms with Gasteiger partial charge >= 0.3 is 0 Å². The van der Waals surface area contributed by atoms with Crippen LogP contribution in [0.25, 0.3) is 0 Å². The maximum Gasteiger partial charge on any atom is 0.236 e. The first-order chi connectivity index (χ1) is 5.45. The lowest BCUT2D eigenvalue weighted by Gasteiger charge is -2.33. The van der Waals surface area contributed by atoms with Gasteiger partial charge in [-0.05, 0) is 20.9 Å². The minimum atomic E-state index is -0.478. The third kappa shape index (κ3) is 2.79. The SMILES string of the molecule is CNCC(=O)N(C)C(C)(C)CO. The number of rotatable bonds is 4. The van der Waals surface area contributed by atoms with Gasteiger partial charge in [0.2, 0.25) is 5.91 Å². The van der Waals surface area contributed by atoms with Crippen LogP contribution >= 0.6 is 0 Å². The molecule has 4 nitrogen and oxygen atoms in total. The molecule has 0 bridgehead atoms. The molecule has 4 heteroatoms. The average molecular weight is 174 g/mol. The summed E-state index contributed by atoms with van der Waals surface area (Å²) in [5, 5.41) is 11.7. The number of amides is 1. The van der Waals surface area contributed by atoms with E-state index in [1.54, 1.807) is 19.0 Å². The zero-order valence-electron chi connectivity index (χ0n) is 8.22. The predicted octanol–water partition coefficient (Wildman–Crippen LogP) is -0.565. The Labute approximate surface area is 73.6 Å². The largest absolute Gasteiger partial charge is 0.394 e. The summed E-state index contributed by atoms with van der Waals surface area (Å²) in [6, 6.07) is 0. The summed E-state index contributed by atoms with van der Waals surface area (Å²) >= 11 is 0. The van der Waals surface area contributed by atoms with E-state index in [0.717, 1.165) is 0 Å². The predicted molar refractivity (Wildman–Crippen MR) is 47.9 cm³/mol. The fourth-order valence-electron chi connectivity index (χ4n) is 0.713. The summed E-state index contributed by atoms with van der Waals surface area (Å²) in [5.41, 5.74) is -0.478. The van der Waals surface area contributed by atoms with Crippen molar-refractivity contribution < 1.29 is 9.90 Å². The standard InChI is InChI=1S/C8H18N2O2/c1-8(2,6-11)10(4)7(12)5-9-3/h9,11H,5-6H2,1-4H3. The van der Waals surface area contributed by atoms with E-state index >= 15 is 0 Å². The molecular formula is C8H18N2O2. The number of aliphatic hydroxyl groups excluding tert-OH is 1. The first-order valence-corrected chi connectivity index (χ1v) is 3.98. The first-order valence-electron chi connectivity index (χ1n) is 3.98. The Morgan fingerprint density at radius 3 is 2.42 bits per heavy atom. The summed E-state index contributed by atoms with van der Waals surface area (Å²) in [6.45, 7) is 3.92. The van der Waals surface area contributed by atoms with Gasteiger partial charge in [0.25, 0.3) is 0 Å². The Balaban J connectivity index is 4.17. The van der Waals surface area contributed by atoms with Crippen molar-refractivity contribution in [1.82, 2.24) is 10.2 Å². The minimum Gasteiger partial charge on any atom is -0.394 e. The van der Waals surface area contributed by atoms with Crippen molar-refractivity contribution in [3.05, 3.63) is 0 Å². The summed E-state index contributed by atoms with van der Waals surface area (Å²) in [5.74, 6) is -0.0171. The Morgan fingerprint density at radius 1 is 1.58 bits per heavy atom. The molecule has 0 radical (unpaired) electrons. The van der Waals surface area contributed by atoms with Gasteiger partial charge in [0.1, 0.15) is 0 Å². The second-order valence-corrected chi connectivity index (χ2v) is 3.45. The Bertz CT molecular complexity index is 157. The summed E-state index contributed by atoms with van der Waals surface area (Å²) in [4.78, 5) is 12.8. The second kappa shape index (κ2) is 4.42. The van der Waals surface area contributed by atoms with Crippen LogP contribution < -0.4 is 5.32 Å². The van der Waals surface area contributed by atoms with Crippen LogP contribution in [0, 0.1) is 0 Å². The lowest BCUT2D eigenvalue weighted by molar-refractivity contribution is -0.134. The number of hydrogen-bond donors (Lipinski definition) is 2. The molecule has 0 saturated heterocycles. The molecule has 12 heavy (non-hydrogen) atoms. The van der Waals surface area contributed by atoms with Crippen LogP contribution in [0.1, 0.15) is 13.8 Å². The summed E-state index contributed by atoms with van der Waals surface area (Å²) in [6.07, 6.45) is 0. The van der Waals surface area contributed by atoms with Gasteiger partial charge < -0.3 is 15.3 Å². The molecule has 0 spiro atoms. The lowest BCUT2D eigenvalue weighted by atomic mass is 10.1. The zero-order valence-corrected chi connectivity index (χ0v) is 8.22. The van der Waals surface area contributed by atoms with Crippen molar-refractivity contribution in [3.8, 4) is 0 Å². The molecule has 0 rings (SSSR count). The topological polar surface area (TPSA) is 52.6 Å². The maximum atomic E-state index is 11.3. The van der Waals surface area contributed by atoms with E-state index in [4.69, 9.17) is 5.11 Å². The van der Waals surface area contributed by atoms with Crippen LogP contribution in [0.15, 0.2) is 0 Å². The number of nitrogens with zero attached hydrogens (tertiary/aromatic N) is 1. The van der Waals surface area contributed by atoms with Crippen LogP contribution in [0.5, 0.6) is 0 Å². The van der Waals surface area contributed by atoms with E-state index < -0.39 is 5.54 Å². The second-order valence-electron chi connectivity index (χ2n) is 3.45. The quantitative estimate of drug-likeness (QED) is 0.600. The van der Waals surface area contributed by atoms with E-state index in [2.05, 4.69) is 5.32 Å². The Kier molecular flexibility index (Phi) is 4.20. The van der Waals surface area contributed by atoms with Gasteiger partial charge in [-0.25, -0.2) is 0 Å². The van der Waals surface area contributed by atoms with Gasteiger partial charge in [0, 0.05) is 7.05 Å². The van der Waals surface area contributed by atoms with Crippen LogP contribution in [-0.2, 0) is 4.79 Å². The van der Waals surface area contributed by atoms with Gasteiger partial charge in [-0.15, -0.1) is 0 Å². The zero-order chi connectivity index (χ0) is 9.78. The molecule has 0 fully saturated rings. The highest BCUT2D eigenvalue weighted by Gasteiger charge is 2.25. The number of carbonyl (C=O) groups excluding carboxylic acids is 1.